The van der Waals surface area contributed by atoms with Gasteiger partial charge in [-0.15, -0.1) is 13.2 Å². The number of rotatable bonds is 9. The fraction of sp³-hybridized carbons (Fsp3) is 0.0909. The molecule has 8 nitrogen and oxygen atoms in total. The van der Waals surface area contributed by atoms with Crippen molar-refractivity contribution in [2.24, 2.45) is 5.73 Å². The molecule has 0 aliphatic rings. The number of carbonyl (C=O) groups excluding carboxylic acids is 2. The van der Waals surface area contributed by atoms with Crippen LogP contribution in [0.2, 0.25) is 0 Å². The lowest BCUT2D eigenvalue weighted by atomic mass is 10.2. The van der Waals surface area contributed by atoms with Gasteiger partial charge in [0.05, 0.1) is 4.90 Å². The topological polar surface area (TPSA) is 123 Å². The Balaban J connectivity index is 1.89. The normalized spacial score (nSPS) is 11.4. The number of anilines is 1. The highest BCUT2D eigenvalue weighted by atomic mass is 32.2. The maximum Gasteiger partial charge on any atom is 0.286 e. The number of nitrogens with one attached hydrogen (secondary N) is 1. The van der Waals surface area contributed by atoms with Crippen LogP contribution in [-0.4, -0.2) is 37.6 Å². The molecule has 0 radical (unpaired) electrons. The molecule has 1 aromatic heterocycles. The molecular formula is C22H21N3O5S. The first-order valence-corrected chi connectivity index (χ1v) is 10.7. The van der Waals surface area contributed by atoms with E-state index in [1.54, 1.807) is 24.3 Å². The summed E-state index contributed by atoms with van der Waals surface area (Å²) in [6.07, 6.45) is 2.96. The first kappa shape index (κ1) is 22.0. The minimum absolute atomic E-state index is 0.0272. The molecule has 2 amide bonds. The molecule has 0 unspecified atom stereocenters. The maximum atomic E-state index is 12.8. The predicted molar refractivity (Wildman–Crippen MR) is 118 cm³/mol. The van der Waals surface area contributed by atoms with Crippen LogP contribution >= 0.6 is 0 Å². The third kappa shape index (κ3) is 4.42. The zero-order chi connectivity index (χ0) is 22.6. The van der Waals surface area contributed by atoms with Gasteiger partial charge in [-0.25, -0.2) is 8.42 Å². The van der Waals surface area contributed by atoms with Gasteiger partial charge in [0, 0.05) is 24.0 Å². The van der Waals surface area contributed by atoms with E-state index >= 15 is 0 Å². The van der Waals surface area contributed by atoms with E-state index in [0.717, 1.165) is 0 Å². The molecule has 3 aromatic rings. The molecule has 0 atom stereocenters. The minimum atomic E-state index is -3.78. The molecule has 0 aliphatic heterocycles. The van der Waals surface area contributed by atoms with Gasteiger partial charge in [-0.05, 0) is 36.4 Å². The summed E-state index contributed by atoms with van der Waals surface area (Å²) < 4.78 is 32.2. The monoisotopic (exact) mass is 439 g/mol. The number of furan rings is 1. The Morgan fingerprint density at radius 2 is 1.65 bits per heavy atom. The predicted octanol–water partition coefficient (Wildman–Crippen LogP) is 3.15. The maximum absolute atomic E-state index is 12.8. The van der Waals surface area contributed by atoms with Gasteiger partial charge in [-0.1, -0.05) is 24.3 Å². The van der Waals surface area contributed by atoms with Gasteiger partial charge < -0.3 is 15.5 Å². The quantitative estimate of drug-likeness (QED) is 0.496. The molecule has 2 aromatic carbocycles. The summed E-state index contributed by atoms with van der Waals surface area (Å²) in [7, 11) is -3.78. The molecule has 3 N–H and O–H groups in total. The average Bonchev–Trinajstić information content (AvgIpc) is 3.12. The second kappa shape index (κ2) is 8.99. The summed E-state index contributed by atoms with van der Waals surface area (Å²) in [4.78, 5) is 24.5. The highest BCUT2D eigenvalue weighted by Gasteiger charge is 2.24. The summed E-state index contributed by atoms with van der Waals surface area (Å²) in [5.74, 6) is -1.54. The Morgan fingerprint density at radius 1 is 1.03 bits per heavy atom. The van der Waals surface area contributed by atoms with Gasteiger partial charge in [-0.3, -0.25) is 9.59 Å². The average molecular weight is 439 g/mol. The molecule has 3 rings (SSSR count). The van der Waals surface area contributed by atoms with Crippen LogP contribution in [0.4, 0.5) is 5.69 Å². The first-order valence-electron chi connectivity index (χ1n) is 9.24. The Morgan fingerprint density at radius 3 is 2.23 bits per heavy atom. The minimum Gasteiger partial charge on any atom is -0.449 e. The van der Waals surface area contributed by atoms with Crippen LogP contribution in [0.3, 0.4) is 0 Å². The summed E-state index contributed by atoms with van der Waals surface area (Å²) in [6, 6.07) is 12.2. The third-order valence-corrected chi connectivity index (χ3v) is 6.32. The number of benzene rings is 2. The highest BCUT2D eigenvalue weighted by molar-refractivity contribution is 7.89. The van der Waals surface area contributed by atoms with E-state index in [-0.39, 0.29) is 35.0 Å². The SMILES string of the molecule is C=CCN(CC=C)S(=O)(=O)c1ccc(C(=O)Nc2c(C(N)=O)oc3ccccc23)cc1. The molecule has 0 spiro atoms. The van der Waals surface area contributed by atoms with Crippen LogP contribution in [0.15, 0.2) is 83.2 Å². The van der Waals surface area contributed by atoms with E-state index < -0.39 is 21.8 Å². The zero-order valence-electron chi connectivity index (χ0n) is 16.6. The van der Waals surface area contributed by atoms with Crippen molar-refractivity contribution in [1.29, 1.82) is 0 Å². The first-order chi connectivity index (χ1) is 14.8. The molecule has 1 heterocycles. The smallest absolute Gasteiger partial charge is 0.286 e. The molecule has 0 saturated heterocycles. The van der Waals surface area contributed by atoms with Crippen molar-refractivity contribution in [2.45, 2.75) is 4.90 Å². The van der Waals surface area contributed by atoms with Crippen LogP contribution in [0.25, 0.3) is 11.0 Å². The number of amides is 2. The van der Waals surface area contributed by atoms with Gasteiger partial charge in [0.25, 0.3) is 11.8 Å². The molecule has 0 aliphatic carbocycles. The Kier molecular flexibility index (Phi) is 6.38. The van der Waals surface area contributed by atoms with Crippen LogP contribution in [0.5, 0.6) is 0 Å². The standard InChI is InChI=1S/C22H21N3O5S/c1-3-13-25(14-4-2)31(28,29)16-11-9-15(10-12-16)22(27)24-19-17-7-5-6-8-18(17)30-20(19)21(23)26/h3-12H,1-2,13-14H2,(H2,23,26)(H,24,27). The zero-order valence-corrected chi connectivity index (χ0v) is 17.4. The second-order valence-electron chi connectivity index (χ2n) is 6.54. The third-order valence-electron chi connectivity index (χ3n) is 4.48. The highest BCUT2D eigenvalue weighted by Crippen LogP contribution is 2.31. The van der Waals surface area contributed by atoms with E-state index in [2.05, 4.69) is 18.5 Å². The van der Waals surface area contributed by atoms with Crippen molar-refractivity contribution in [3.05, 3.63) is 85.2 Å². The fourth-order valence-corrected chi connectivity index (χ4v) is 4.40. The van der Waals surface area contributed by atoms with Gasteiger partial charge in [0.1, 0.15) is 11.3 Å². The van der Waals surface area contributed by atoms with Crippen molar-refractivity contribution in [2.75, 3.05) is 18.4 Å². The lowest BCUT2D eigenvalue weighted by Gasteiger charge is -2.19. The number of nitrogens with two attached hydrogens (primary N) is 1. The van der Waals surface area contributed by atoms with E-state index in [0.29, 0.717) is 11.0 Å². The molecular weight excluding hydrogens is 418 g/mol. The molecule has 0 bridgehead atoms. The number of hydrogen-bond donors (Lipinski definition) is 2. The Hall–Kier alpha value is -3.69. The molecule has 160 valence electrons. The van der Waals surface area contributed by atoms with Crippen LogP contribution in [0.1, 0.15) is 20.9 Å². The number of para-hydroxylation sites is 1. The molecule has 0 saturated carbocycles. The molecule has 0 fully saturated rings. The number of hydrogen-bond acceptors (Lipinski definition) is 5. The van der Waals surface area contributed by atoms with Gasteiger partial charge in [0.2, 0.25) is 15.8 Å². The largest absolute Gasteiger partial charge is 0.449 e. The van der Waals surface area contributed by atoms with Gasteiger partial charge >= 0.3 is 0 Å². The van der Waals surface area contributed by atoms with Crippen molar-refractivity contribution < 1.29 is 22.4 Å². The van der Waals surface area contributed by atoms with E-state index in [4.69, 9.17) is 10.2 Å². The second-order valence-corrected chi connectivity index (χ2v) is 8.48. The van der Waals surface area contributed by atoms with E-state index in [9.17, 15) is 18.0 Å². The number of carbonyl (C=O) groups is 2. The summed E-state index contributed by atoms with van der Waals surface area (Å²) in [6.45, 7) is 7.39. The fourth-order valence-electron chi connectivity index (χ4n) is 3.01. The lowest BCUT2D eigenvalue weighted by molar-refractivity contribution is 0.0977. The van der Waals surface area contributed by atoms with Crippen LogP contribution < -0.4 is 11.1 Å². The summed E-state index contributed by atoms with van der Waals surface area (Å²) >= 11 is 0. The molecule has 9 heteroatoms. The molecule has 31 heavy (non-hydrogen) atoms. The Bertz CT molecular complexity index is 1250. The van der Waals surface area contributed by atoms with Crippen LogP contribution in [0, 0.1) is 0 Å². The Labute approximate surface area is 179 Å². The van der Waals surface area contributed by atoms with Gasteiger partial charge in [-0.2, -0.15) is 4.31 Å². The van der Waals surface area contributed by atoms with Gasteiger partial charge in [0.15, 0.2) is 0 Å². The number of primary amides is 1. The van der Waals surface area contributed by atoms with Crippen molar-refractivity contribution >= 4 is 38.5 Å². The van der Waals surface area contributed by atoms with E-state index in [1.165, 1.54) is 40.7 Å². The van der Waals surface area contributed by atoms with Crippen LogP contribution in [-0.2, 0) is 10.0 Å². The number of nitrogens with zero attached hydrogens (tertiary/aromatic N) is 1. The van der Waals surface area contributed by atoms with Crippen molar-refractivity contribution in [1.82, 2.24) is 4.31 Å². The van der Waals surface area contributed by atoms with Crippen molar-refractivity contribution in [3.63, 3.8) is 0 Å². The lowest BCUT2D eigenvalue weighted by Crippen LogP contribution is -2.31. The summed E-state index contributed by atoms with van der Waals surface area (Å²) in [5.41, 5.74) is 6.12. The van der Waals surface area contributed by atoms with Crippen molar-refractivity contribution in [3.8, 4) is 0 Å². The summed E-state index contributed by atoms with van der Waals surface area (Å²) in [5, 5.41) is 3.15. The number of sulfonamides is 1. The van der Waals surface area contributed by atoms with E-state index in [1.807, 2.05) is 0 Å². The number of fused-ring (bicyclic) bond motifs is 1.